The van der Waals surface area contributed by atoms with E-state index in [0.717, 1.165) is 5.56 Å². The molecular formula is C15H13ClFNOS. The number of hydrogen-bond donors (Lipinski definition) is 1. The Morgan fingerprint density at radius 2 is 1.90 bits per heavy atom. The van der Waals surface area contributed by atoms with Crippen molar-refractivity contribution in [1.29, 1.82) is 0 Å². The molecule has 20 heavy (non-hydrogen) atoms. The third-order valence-corrected chi connectivity index (χ3v) is 3.22. The predicted octanol–water partition coefficient (Wildman–Crippen LogP) is 3.89. The van der Waals surface area contributed by atoms with Crippen LogP contribution in [-0.2, 0) is 13.0 Å². The van der Waals surface area contributed by atoms with Gasteiger partial charge in [-0.2, -0.15) is 0 Å². The van der Waals surface area contributed by atoms with E-state index in [0.29, 0.717) is 27.7 Å². The van der Waals surface area contributed by atoms with Crippen molar-refractivity contribution in [2.75, 3.05) is 0 Å². The summed E-state index contributed by atoms with van der Waals surface area (Å²) in [5, 5.41) is 0.483. The molecule has 0 heterocycles. The van der Waals surface area contributed by atoms with Gasteiger partial charge in [-0.05, 0) is 35.9 Å². The van der Waals surface area contributed by atoms with Crippen molar-refractivity contribution in [2.45, 2.75) is 13.0 Å². The van der Waals surface area contributed by atoms with E-state index in [1.165, 1.54) is 18.2 Å². The largest absolute Gasteiger partial charge is 0.489 e. The Kier molecular flexibility index (Phi) is 4.93. The van der Waals surface area contributed by atoms with Crippen molar-refractivity contribution in [1.82, 2.24) is 0 Å². The molecule has 2 rings (SSSR count). The molecule has 104 valence electrons. The van der Waals surface area contributed by atoms with Gasteiger partial charge in [0.2, 0.25) is 0 Å². The number of benzene rings is 2. The van der Waals surface area contributed by atoms with Crippen LogP contribution in [0.4, 0.5) is 4.39 Å². The van der Waals surface area contributed by atoms with Gasteiger partial charge in [0.1, 0.15) is 18.2 Å². The summed E-state index contributed by atoms with van der Waals surface area (Å²) >= 11 is 10.8. The number of rotatable bonds is 5. The first-order valence-corrected chi connectivity index (χ1v) is 6.77. The average Bonchev–Trinajstić information content (AvgIpc) is 2.41. The van der Waals surface area contributed by atoms with Crippen molar-refractivity contribution >= 4 is 28.8 Å². The molecule has 0 radical (unpaired) electrons. The Morgan fingerprint density at radius 1 is 1.20 bits per heavy atom. The van der Waals surface area contributed by atoms with Crippen LogP contribution in [0.3, 0.4) is 0 Å². The zero-order valence-electron chi connectivity index (χ0n) is 10.6. The maximum absolute atomic E-state index is 13.1. The molecule has 0 unspecified atom stereocenters. The van der Waals surface area contributed by atoms with E-state index in [1.807, 2.05) is 24.3 Å². The Morgan fingerprint density at radius 3 is 2.55 bits per heavy atom. The van der Waals surface area contributed by atoms with Crippen molar-refractivity contribution in [2.24, 2.45) is 5.73 Å². The van der Waals surface area contributed by atoms with Gasteiger partial charge in [0.25, 0.3) is 0 Å². The van der Waals surface area contributed by atoms with Crippen LogP contribution in [0.2, 0.25) is 5.02 Å². The molecule has 2 N–H and O–H groups in total. The molecule has 0 amide bonds. The summed E-state index contributed by atoms with van der Waals surface area (Å²) in [6.45, 7) is 0.214. The second-order valence-corrected chi connectivity index (χ2v) is 5.24. The number of nitrogens with two attached hydrogens (primary N) is 1. The van der Waals surface area contributed by atoms with Gasteiger partial charge in [-0.1, -0.05) is 36.0 Å². The Bertz CT molecular complexity index is 616. The van der Waals surface area contributed by atoms with Crippen LogP contribution in [-0.4, -0.2) is 4.99 Å². The van der Waals surface area contributed by atoms with Crippen LogP contribution < -0.4 is 10.5 Å². The van der Waals surface area contributed by atoms with Crippen LogP contribution in [0.15, 0.2) is 42.5 Å². The number of ether oxygens (including phenoxy) is 1. The maximum atomic E-state index is 13.1. The van der Waals surface area contributed by atoms with Crippen LogP contribution in [0.1, 0.15) is 11.1 Å². The minimum atomic E-state index is -0.334. The SMILES string of the molecule is NC(=S)Cc1ccc(OCc2cc(F)ccc2Cl)cc1. The molecule has 2 aromatic carbocycles. The zero-order chi connectivity index (χ0) is 14.5. The van der Waals surface area contributed by atoms with Crippen LogP contribution in [0.5, 0.6) is 5.75 Å². The van der Waals surface area contributed by atoms with Gasteiger partial charge in [-0.15, -0.1) is 0 Å². The Balaban J connectivity index is 2.00. The second-order valence-electron chi connectivity index (χ2n) is 4.31. The molecule has 0 aliphatic carbocycles. The van der Waals surface area contributed by atoms with E-state index in [-0.39, 0.29) is 12.4 Å². The van der Waals surface area contributed by atoms with Crippen molar-refractivity contribution in [3.8, 4) is 5.75 Å². The molecule has 0 aromatic heterocycles. The first kappa shape index (κ1) is 14.8. The lowest BCUT2D eigenvalue weighted by molar-refractivity contribution is 0.305. The van der Waals surface area contributed by atoms with Crippen molar-refractivity contribution in [3.05, 3.63) is 64.4 Å². The van der Waals surface area contributed by atoms with Gasteiger partial charge in [0.05, 0.1) is 4.99 Å². The third-order valence-electron chi connectivity index (χ3n) is 2.70. The van der Waals surface area contributed by atoms with Crippen molar-refractivity contribution < 1.29 is 9.13 Å². The molecule has 0 fully saturated rings. The molecule has 0 aliphatic rings. The van der Waals surface area contributed by atoms with E-state index in [9.17, 15) is 4.39 Å². The predicted molar refractivity (Wildman–Crippen MR) is 82.7 cm³/mol. The van der Waals surface area contributed by atoms with Crippen molar-refractivity contribution in [3.63, 3.8) is 0 Å². The smallest absolute Gasteiger partial charge is 0.123 e. The van der Waals surface area contributed by atoms with Gasteiger partial charge >= 0.3 is 0 Å². The van der Waals surface area contributed by atoms with E-state index in [2.05, 4.69) is 0 Å². The third kappa shape index (κ3) is 4.18. The monoisotopic (exact) mass is 309 g/mol. The van der Waals surface area contributed by atoms with E-state index < -0.39 is 0 Å². The van der Waals surface area contributed by atoms with Gasteiger partial charge in [0, 0.05) is 17.0 Å². The second kappa shape index (κ2) is 6.68. The molecule has 0 spiro atoms. The zero-order valence-corrected chi connectivity index (χ0v) is 12.2. The summed E-state index contributed by atoms with van der Waals surface area (Å²) in [6.07, 6.45) is 0.561. The van der Waals surface area contributed by atoms with Gasteiger partial charge in [-0.25, -0.2) is 4.39 Å². The quantitative estimate of drug-likeness (QED) is 0.851. The number of hydrogen-bond acceptors (Lipinski definition) is 2. The minimum Gasteiger partial charge on any atom is -0.489 e. The highest BCUT2D eigenvalue weighted by Gasteiger charge is 2.04. The molecule has 0 saturated heterocycles. The molecule has 0 bridgehead atoms. The average molecular weight is 310 g/mol. The number of halogens is 2. The lowest BCUT2D eigenvalue weighted by atomic mass is 10.1. The summed E-state index contributed by atoms with van der Waals surface area (Å²) in [7, 11) is 0. The fraction of sp³-hybridized carbons (Fsp3) is 0.133. The fourth-order valence-electron chi connectivity index (χ4n) is 1.72. The summed E-state index contributed by atoms with van der Waals surface area (Å²) < 4.78 is 18.7. The highest BCUT2D eigenvalue weighted by atomic mass is 35.5. The highest BCUT2D eigenvalue weighted by molar-refractivity contribution is 7.80. The molecule has 0 saturated carbocycles. The summed E-state index contributed by atoms with van der Waals surface area (Å²) in [5.41, 5.74) is 7.11. The van der Waals surface area contributed by atoms with Crippen LogP contribution in [0.25, 0.3) is 0 Å². The highest BCUT2D eigenvalue weighted by Crippen LogP contribution is 2.20. The maximum Gasteiger partial charge on any atom is 0.123 e. The molecule has 2 aromatic rings. The summed E-state index contributed by atoms with van der Waals surface area (Å²) in [5.74, 6) is 0.344. The van der Waals surface area contributed by atoms with E-state index >= 15 is 0 Å². The molecule has 0 atom stereocenters. The molecule has 5 heteroatoms. The minimum absolute atomic E-state index is 0.214. The van der Waals surface area contributed by atoms with Crippen LogP contribution in [0, 0.1) is 5.82 Å². The van der Waals surface area contributed by atoms with Gasteiger partial charge in [-0.3, -0.25) is 0 Å². The Hall–Kier alpha value is -1.65. The first-order chi connectivity index (χ1) is 9.54. The first-order valence-electron chi connectivity index (χ1n) is 5.98. The number of thiocarbonyl (C=S) groups is 1. The van der Waals surface area contributed by atoms with E-state index in [1.54, 1.807) is 0 Å². The lowest BCUT2D eigenvalue weighted by Gasteiger charge is -2.08. The fourth-order valence-corrected chi connectivity index (χ4v) is 2.06. The lowest BCUT2D eigenvalue weighted by Crippen LogP contribution is -2.10. The van der Waals surface area contributed by atoms with Gasteiger partial charge in [0.15, 0.2) is 0 Å². The topological polar surface area (TPSA) is 35.2 Å². The van der Waals surface area contributed by atoms with E-state index in [4.69, 9.17) is 34.3 Å². The molecule has 0 aliphatic heterocycles. The Labute approximate surface area is 127 Å². The summed E-state index contributed by atoms with van der Waals surface area (Å²) in [4.78, 5) is 0.449. The van der Waals surface area contributed by atoms with Gasteiger partial charge < -0.3 is 10.5 Å². The van der Waals surface area contributed by atoms with Crippen LogP contribution >= 0.6 is 23.8 Å². The molecule has 2 nitrogen and oxygen atoms in total. The standard InChI is InChI=1S/C15H13ClFNOS/c16-14-6-3-12(17)8-11(14)9-19-13-4-1-10(2-5-13)7-15(18)20/h1-6,8H,7,9H2,(H2,18,20). The summed E-state index contributed by atoms with van der Waals surface area (Å²) in [6, 6.07) is 11.6. The normalized spacial score (nSPS) is 10.3. The molecular weight excluding hydrogens is 297 g/mol.